The molecule has 0 aliphatic carbocycles. The Morgan fingerprint density at radius 2 is 1.97 bits per heavy atom. The summed E-state index contributed by atoms with van der Waals surface area (Å²) in [7, 11) is 0. The molecule has 0 saturated carbocycles. The van der Waals surface area contributed by atoms with Gasteiger partial charge in [0.15, 0.2) is 11.2 Å². The summed E-state index contributed by atoms with van der Waals surface area (Å²) in [4.78, 5) is 26.9. The monoisotopic (exact) mass is 399 g/mol. The summed E-state index contributed by atoms with van der Waals surface area (Å²) in [5, 5.41) is 0.0568. The summed E-state index contributed by atoms with van der Waals surface area (Å²) in [6, 6.07) is 10.8. The van der Waals surface area contributed by atoms with Gasteiger partial charge < -0.3 is 14.1 Å². The summed E-state index contributed by atoms with van der Waals surface area (Å²) in [5.41, 5.74) is -0.0497. The van der Waals surface area contributed by atoms with Gasteiger partial charge in [-0.15, -0.1) is 0 Å². The summed E-state index contributed by atoms with van der Waals surface area (Å²) < 4.78 is 38.8. The van der Waals surface area contributed by atoms with E-state index in [0.717, 1.165) is 31.0 Å². The van der Waals surface area contributed by atoms with E-state index >= 15 is 0 Å². The van der Waals surface area contributed by atoms with Crippen molar-refractivity contribution in [1.29, 1.82) is 0 Å². The van der Waals surface area contributed by atoms with E-state index in [2.05, 4.69) is 0 Å². The maximum atomic E-state index is 14.2. The Balaban J connectivity index is 1.68. The zero-order valence-electron chi connectivity index (χ0n) is 15.6. The Morgan fingerprint density at radius 3 is 2.72 bits per heavy atom. The van der Waals surface area contributed by atoms with Crippen molar-refractivity contribution in [3.63, 3.8) is 0 Å². The number of fused-ring (bicyclic) bond motifs is 1. The molecule has 4 rings (SSSR count). The van der Waals surface area contributed by atoms with Crippen LogP contribution in [0.4, 0.5) is 8.78 Å². The molecule has 0 spiro atoms. The van der Waals surface area contributed by atoms with Crippen molar-refractivity contribution in [1.82, 2.24) is 4.90 Å². The third kappa shape index (κ3) is 4.19. The van der Waals surface area contributed by atoms with Gasteiger partial charge in [-0.2, -0.15) is 0 Å². The van der Waals surface area contributed by atoms with Gasteiger partial charge in [-0.05, 0) is 37.1 Å². The van der Waals surface area contributed by atoms with Crippen molar-refractivity contribution >= 4 is 16.9 Å². The molecule has 2 aromatic carbocycles. The SMILES string of the molecule is O=C(c1cc(=O)c2cc(F)ccc2o1)N(Cc1ccccc1F)C[C@H]1CCCO1. The predicted molar refractivity (Wildman–Crippen MR) is 103 cm³/mol. The Morgan fingerprint density at radius 1 is 1.14 bits per heavy atom. The molecule has 3 aromatic rings. The fraction of sp³-hybridized carbons (Fsp3) is 0.273. The first-order chi connectivity index (χ1) is 14.0. The van der Waals surface area contributed by atoms with Crippen LogP contribution in [0.2, 0.25) is 0 Å². The van der Waals surface area contributed by atoms with Crippen LogP contribution < -0.4 is 5.43 Å². The standard InChI is InChI=1S/C22H19F2NO4/c23-15-7-8-20-17(10-15)19(26)11-21(29-20)22(27)25(13-16-5-3-9-28-16)12-14-4-1-2-6-18(14)24/h1-2,4,6-8,10-11,16H,3,5,9,12-13H2/t16-/m1/s1. The molecule has 1 aliphatic rings. The van der Waals surface area contributed by atoms with Gasteiger partial charge >= 0.3 is 0 Å². The second kappa shape index (κ2) is 8.13. The molecule has 5 nitrogen and oxygen atoms in total. The first-order valence-electron chi connectivity index (χ1n) is 9.39. The third-order valence-electron chi connectivity index (χ3n) is 4.95. The molecule has 1 aromatic heterocycles. The number of carbonyl (C=O) groups is 1. The lowest BCUT2D eigenvalue weighted by Gasteiger charge is -2.25. The topological polar surface area (TPSA) is 59.8 Å². The van der Waals surface area contributed by atoms with E-state index in [-0.39, 0.29) is 35.9 Å². The minimum atomic E-state index is -0.566. The Hall–Kier alpha value is -3.06. The van der Waals surface area contributed by atoms with Crippen LogP contribution in [0.3, 0.4) is 0 Å². The van der Waals surface area contributed by atoms with Gasteiger partial charge in [-0.25, -0.2) is 8.78 Å². The fourth-order valence-electron chi connectivity index (χ4n) is 3.48. The quantitative estimate of drug-likeness (QED) is 0.653. The molecule has 2 heterocycles. The smallest absolute Gasteiger partial charge is 0.290 e. The summed E-state index contributed by atoms with van der Waals surface area (Å²) in [5.74, 6) is -1.72. The number of benzene rings is 2. The van der Waals surface area contributed by atoms with Gasteiger partial charge in [0.2, 0.25) is 0 Å². The number of carbonyl (C=O) groups excluding carboxylic acids is 1. The van der Waals surface area contributed by atoms with Gasteiger partial charge in [0.1, 0.15) is 17.2 Å². The molecule has 0 unspecified atom stereocenters. The van der Waals surface area contributed by atoms with E-state index in [9.17, 15) is 18.4 Å². The normalized spacial score (nSPS) is 16.3. The van der Waals surface area contributed by atoms with Crippen molar-refractivity contribution in [2.24, 2.45) is 0 Å². The average Bonchev–Trinajstić information content (AvgIpc) is 3.22. The zero-order chi connectivity index (χ0) is 20.4. The average molecular weight is 399 g/mol. The van der Waals surface area contributed by atoms with E-state index in [1.54, 1.807) is 18.2 Å². The van der Waals surface area contributed by atoms with Crippen LogP contribution in [-0.4, -0.2) is 30.1 Å². The minimum absolute atomic E-state index is 0.0104. The minimum Gasteiger partial charge on any atom is -0.451 e. The lowest BCUT2D eigenvalue weighted by Crippen LogP contribution is -2.37. The van der Waals surface area contributed by atoms with Gasteiger partial charge in [0.05, 0.1) is 11.5 Å². The Labute approximate surface area is 165 Å². The predicted octanol–water partition coefficient (Wildman–Crippen LogP) is 3.89. The van der Waals surface area contributed by atoms with Crippen LogP contribution in [0.5, 0.6) is 0 Å². The molecule has 1 amide bonds. The molecule has 0 N–H and O–H groups in total. The molecular weight excluding hydrogens is 380 g/mol. The van der Waals surface area contributed by atoms with Crippen LogP contribution in [0.15, 0.2) is 57.7 Å². The highest BCUT2D eigenvalue weighted by Crippen LogP contribution is 2.20. The number of ether oxygens (including phenoxy) is 1. The number of halogens is 2. The van der Waals surface area contributed by atoms with Gasteiger partial charge in [-0.1, -0.05) is 18.2 Å². The zero-order valence-corrected chi connectivity index (χ0v) is 15.6. The lowest BCUT2D eigenvalue weighted by atomic mass is 10.1. The summed E-state index contributed by atoms with van der Waals surface area (Å²) >= 11 is 0. The molecule has 29 heavy (non-hydrogen) atoms. The molecule has 1 aliphatic heterocycles. The highest BCUT2D eigenvalue weighted by Gasteiger charge is 2.26. The van der Waals surface area contributed by atoms with E-state index in [1.165, 1.54) is 17.0 Å². The molecular formula is C22H19F2NO4. The second-order valence-electron chi connectivity index (χ2n) is 7.03. The third-order valence-corrected chi connectivity index (χ3v) is 4.95. The summed E-state index contributed by atoms with van der Waals surface area (Å²) in [6.07, 6.45) is 1.53. The number of hydrogen-bond acceptors (Lipinski definition) is 4. The first kappa shape index (κ1) is 19.3. The molecule has 1 fully saturated rings. The maximum Gasteiger partial charge on any atom is 0.290 e. The van der Waals surface area contributed by atoms with Crippen LogP contribution in [0, 0.1) is 11.6 Å². The molecule has 7 heteroatoms. The molecule has 150 valence electrons. The summed E-state index contributed by atoms with van der Waals surface area (Å²) in [6.45, 7) is 0.873. The molecule has 1 atom stereocenters. The van der Waals surface area contributed by atoms with Crippen molar-refractivity contribution in [2.45, 2.75) is 25.5 Å². The first-order valence-corrected chi connectivity index (χ1v) is 9.39. The number of nitrogens with zero attached hydrogens (tertiary/aromatic N) is 1. The molecule has 0 bridgehead atoms. The van der Waals surface area contributed by atoms with Crippen molar-refractivity contribution in [3.05, 3.63) is 81.7 Å². The fourth-order valence-corrected chi connectivity index (χ4v) is 3.48. The van der Waals surface area contributed by atoms with Crippen LogP contribution in [0.1, 0.15) is 29.0 Å². The van der Waals surface area contributed by atoms with Crippen molar-refractivity contribution in [3.8, 4) is 0 Å². The lowest BCUT2D eigenvalue weighted by molar-refractivity contribution is 0.0482. The van der Waals surface area contributed by atoms with Crippen LogP contribution in [0.25, 0.3) is 11.0 Å². The van der Waals surface area contributed by atoms with E-state index in [0.29, 0.717) is 12.2 Å². The van der Waals surface area contributed by atoms with Gasteiger partial charge in [-0.3, -0.25) is 9.59 Å². The van der Waals surface area contributed by atoms with Gasteiger partial charge in [0, 0.05) is 31.3 Å². The Kier molecular flexibility index (Phi) is 5.40. The highest BCUT2D eigenvalue weighted by atomic mass is 19.1. The highest BCUT2D eigenvalue weighted by molar-refractivity contribution is 5.93. The number of hydrogen-bond donors (Lipinski definition) is 0. The van der Waals surface area contributed by atoms with E-state index in [1.807, 2.05) is 0 Å². The van der Waals surface area contributed by atoms with Crippen molar-refractivity contribution in [2.75, 3.05) is 13.2 Å². The number of rotatable bonds is 5. The molecule has 0 radical (unpaired) electrons. The van der Waals surface area contributed by atoms with Crippen LogP contribution in [-0.2, 0) is 11.3 Å². The second-order valence-corrected chi connectivity index (χ2v) is 7.03. The van der Waals surface area contributed by atoms with Crippen LogP contribution >= 0.6 is 0 Å². The Bertz CT molecular complexity index is 1110. The van der Waals surface area contributed by atoms with Crippen molar-refractivity contribution < 1.29 is 22.7 Å². The maximum absolute atomic E-state index is 14.2. The van der Waals surface area contributed by atoms with E-state index in [4.69, 9.17) is 9.15 Å². The number of amides is 1. The largest absolute Gasteiger partial charge is 0.451 e. The molecule has 1 saturated heterocycles. The van der Waals surface area contributed by atoms with Gasteiger partial charge in [0.25, 0.3) is 5.91 Å². The van der Waals surface area contributed by atoms with E-state index < -0.39 is 23.0 Å².